The van der Waals surface area contributed by atoms with Crippen LogP contribution in [0.1, 0.15) is 24.8 Å². The Morgan fingerprint density at radius 3 is 1.85 bits per heavy atom. The lowest BCUT2D eigenvalue weighted by Crippen LogP contribution is -2.23. The molecular weight excluding hydrogens is 543 g/mol. The number of hydrogen-bond donors (Lipinski definition) is 1. The van der Waals surface area contributed by atoms with Crippen LogP contribution in [0, 0.1) is 14.9 Å². The second-order valence-electron chi connectivity index (χ2n) is 8.62. The molecule has 0 radical (unpaired) electrons. The molecule has 0 aliphatic rings. The molecule has 2 heterocycles. The molecule has 2 aromatic carbocycles. The molecule has 0 saturated heterocycles. The van der Waals surface area contributed by atoms with Crippen LogP contribution in [0.25, 0.3) is 0 Å². The number of aromatic nitrogens is 2. The molecule has 0 saturated carbocycles. The molecule has 0 atom stereocenters. The van der Waals surface area contributed by atoms with Crippen molar-refractivity contribution in [2.45, 2.75) is 25.7 Å². The van der Waals surface area contributed by atoms with E-state index in [2.05, 4.69) is 37.9 Å². The molecule has 4 rings (SSSR count). The predicted molar refractivity (Wildman–Crippen MR) is 164 cm³/mol. The Labute approximate surface area is 245 Å². The maximum atomic E-state index is 5.56. The van der Waals surface area contributed by atoms with E-state index in [-0.39, 0.29) is 14.9 Å². The van der Waals surface area contributed by atoms with Gasteiger partial charge in [-0.15, -0.1) is 0 Å². The van der Waals surface area contributed by atoms with Gasteiger partial charge in [0, 0.05) is 29.1 Å². The molecule has 0 amide bonds. The lowest BCUT2D eigenvalue weighted by atomic mass is 10.1. The first kappa shape index (κ1) is 32.5. The van der Waals surface area contributed by atoms with E-state index >= 15 is 0 Å². The minimum absolute atomic E-state index is 0. The predicted octanol–water partition coefficient (Wildman–Crippen LogP) is 8.03. The van der Waals surface area contributed by atoms with Gasteiger partial charge >= 0.3 is 10.3 Å². The number of thiazole rings is 2. The normalized spacial score (nSPS) is 10.9. The zero-order valence-corrected chi connectivity index (χ0v) is 25.8. The Morgan fingerprint density at radius 1 is 0.725 bits per heavy atom. The average Bonchev–Trinajstić information content (AvgIpc) is 3.55. The first-order valence-electron chi connectivity index (χ1n) is 12.4. The highest BCUT2D eigenvalue weighted by Crippen LogP contribution is 2.32. The fraction of sp³-hybridized carbons (Fsp3) is 0.310. The van der Waals surface area contributed by atoms with Crippen LogP contribution in [0.2, 0.25) is 0 Å². The first-order valence-corrected chi connectivity index (χ1v) is 14.1. The van der Waals surface area contributed by atoms with Crippen LogP contribution in [0.3, 0.4) is 0 Å². The van der Waals surface area contributed by atoms with Gasteiger partial charge < -0.3 is 29.6 Å². The van der Waals surface area contributed by atoms with Crippen molar-refractivity contribution in [3.8, 4) is 11.5 Å². The van der Waals surface area contributed by atoms with Gasteiger partial charge in [-0.2, -0.15) is 0 Å². The number of methoxy groups -OCH3 is 2. The van der Waals surface area contributed by atoms with E-state index in [0.29, 0.717) is 11.4 Å². The number of nitrogens with one attached hydrogen (secondary N) is 1. The summed E-state index contributed by atoms with van der Waals surface area (Å²) >= 11 is 3.09. The molecule has 2 aromatic heterocycles. The maximum absolute atomic E-state index is 5.56. The Balaban J connectivity index is 0.00000280. The summed E-state index contributed by atoms with van der Waals surface area (Å²) < 4.78 is 15.0. The van der Waals surface area contributed by atoms with Crippen molar-refractivity contribution in [1.29, 1.82) is 0 Å². The number of azo groups is 2. The third-order valence-electron chi connectivity index (χ3n) is 5.90. The van der Waals surface area contributed by atoms with Gasteiger partial charge in [0.05, 0.1) is 38.5 Å². The van der Waals surface area contributed by atoms with Crippen molar-refractivity contribution in [3.63, 3.8) is 0 Å². The highest BCUT2D eigenvalue weighted by Gasteiger charge is 2.12. The van der Waals surface area contributed by atoms with Crippen LogP contribution >= 0.6 is 22.7 Å². The van der Waals surface area contributed by atoms with Gasteiger partial charge in [0.2, 0.25) is 0 Å². The molecule has 40 heavy (non-hydrogen) atoms. The molecule has 0 bridgehead atoms. The van der Waals surface area contributed by atoms with Crippen molar-refractivity contribution in [3.05, 3.63) is 80.0 Å². The van der Waals surface area contributed by atoms with Crippen molar-refractivity contribution in [2.75, 3.05) is 26.1 Å². The summed E-state index contributed by atoms with van der Waals surface area (Å²) in [5.74, 6) is 1.44. The third-order valence-corrected chi connectivity index (χ3v) is 7.58. The molecule has 214 valence electrons. The standard InChI is InChI=1S/C27H32N7O2S2.2CH3/c1-33-14-16-37-26(33)31-29-22-11-9-20(18-24(22)35-3)8-6-5-7-13-28-21-10-12-23(25(19-21)36-4)30-32-27-34(2)15-17-38-27;;/h9-12,14-19H,5-8,13H2,1-4H3;2*1H3/q+1;2*-1/p+1. The zero-order chi connectivity index (χ0) is 26.7. The van der Waals surface area contributed by atoms with Crippen LogP contribution in [0.15, 0.2) is 80.0 Å². The largest absolute Gasteiger partial charge is 0.494 e. The summed E-state index contributed by atoms with van der Waals surface area (Å²) in [5, 5.41) is 26.5. The summed E-state index contributed by atoms with van der Waals surface area (Å²) in [6, 6.07) is 12.0. The van der Waals surface area contributed by atoms with Gasteiger partial charge in [0.15, 0.2) is 17.1 Å². The van der Waals surface area contributed by atoms with Gasteiger partial charge in [0.25, 0.3) is 0 Å². The Kier molecular flexibility index (Phi) is 13.3. The highest BCUT2D eigenvalue weighted by molar-refractivity contribution is 7.13. The minimum Gasteiger partial charge on any atom is -0.494 e. The lowest BCUT2D eigenvalue weighted by Gasteiger charge is -2.09. The first-order chi connectivity index (χ1) is 18.6. The molecule has 0 aliphatic carbocycles. The molecule has 0 unspecified atom stereocenters. The number of nitrogens with zero attached hydrogens (tertiary/aromatic N) is 6. The number of ether oxygens (including phenoxy) is 2. The quantitative estimate of drug-likeness (QED) is 0.0750. The van der Waals surface area contributed by atoms with Crippen LogP contribution in [-0.2, 0) is 20.5 Å². The van der Waals surface area contributed by atoms with Crippen LogP contribution in [0.5, 0.6) is 11.5 Å². The van der Waals surface area contributed by atoms with Gasteiger partial charge in [-0.1, -0.05) is 12.5 Å². The number of unbranched alkanes of at least 4 members (excludes halogenated alkanes) is 2. The topological polar surface area (TPSA) is 87.7 Å². The molecule has 0 spiro atoms. The highest BCUT2D eigenvalue weighted by atomic mass is 32.1. The number of benzene rings is 2. The van der Waals surface area contributed by atoms with E-state index in [9.17, 15) is 0 Å². The van der Waals surface area contributed by atoms with E-state index in [0.717, 1.165) is 59.6 Å². The SMILES string of the molecule is COc1cc(CCCCCNc2ccc(N=Nc3scc[n+]3C)c(OC)c2)ccc1N=Nc1scc[n+]1C.[CH3-].[CH3-]. The number of hydrogen-bond acceptors (Lipinski definition) is 9. The second kappa shape index (κ2) is 16.4. The lowest BCUT2D eigenvalue weighted by molar-refractivity contribution is -0.654. The number of rotatable bonds is 13. The van der Waals surface area contributed by atoms with Crippen molar-refractivity contribution in [1.82, 2.24) is 0 Å². The van der Waals surface area contributed by atoms with E-state index in [4.69, 9.17) is 9.47 Å². The maximum Gasteiger partial charge on any atom is 0.408 e. The molecule has 11 heteroatoms. The fourth-order valence-electron chi connectivity index (χ4n) is 3.73. The van der Waals surface area contributed by atoms with Crippen LogP contribution in [0.4, 0.5) is 27.3 Å². The summed E-state index contributed by atoms with van der Waals surface area (Å²) in [6.07, 6.45) is 8.19. The minimum atomic E-state index is 0. The molecule has 4 aromatic rings. The summed E-state index contributed by atoms with van der Waals surface area (Å²) in [4.78, 5) is 0. The Hall–Kier alpha value is -3.70. The van der Waals surface area contributed by atoms with Gasteiger partial charge in [-0.25, -0.2) is 9.13 Å². The van der Waals surface area contributed by atoms with Crippen molar-refractivity contribution < 1.29 is 18.6 Å². The summed E-state index contributed by atoms with van der Waals surface area (Å²) in [5.41, 5.74) is 3.68. The Morgan fingerprint density at radius 2 is 1.30 bits per heavy atom. The smallest absolute Gasteiger partial charge is 0.408 e. The number of anilines is 1. The zero-order valence-electron chi connectivity index (χ0n) is 24.1. The third kappa shape index (κ3) is 8.92. The van der Waals surface area contributed by atoms with Gasteiger partial charge in [-0.3, -0.25) is 0 Å². The molecule has 1 N–H and O–H groups in total. The van der Waals surface area contributed by atoms with E-state index in [1.165, 1.54) is 5.56 Å². The molecule has 0 fully saturated rings. The monoisotopic (exact) mass is 581 g/mol. The number of aryl methyl sites for hydroxylation is 3. The summed E-state index contributed by atoms with van der Waals surface area (Å²) in [6.45, 7) is 0.887. The van der Waals surface area contributed by atoms with Crippen LogP contribution in [-0.4, -0.2) is 20.8 Å². The summed E-state index contributed by atoms with van der Waals surface area (Å²) in [7, 11) is 7.22. The van der Waals surface area contributed by atoms with Gasteiger partial charge in [0.1, 0.15) is 18.1 Å². The Bertz CT molecular complexity index is 1290. The second-order valence-corrected chi connectivity index (χ2v) is 10.4. The van der Waals surface area contributed by atoms with Crippen LogP contribution < -0.4 is 23.9 Å². The average molecular weight is 582 g/mol. The fourth-order valence-corrected chi connectivity index (χ4v) is 5.09. The molecule has 0 aliphatic heterocycles. The van der Waals surface area contributed by atoms with E-state index in [1.807, 2.05) is 70.6 Å². The van der Waals surface area contributed by atoms with Crippen molar-refractivity contribution in [2.24, 2.45) is 34.6 Å². The molecule has 9 nitrogen and oxygen atoms in total. The van der Waals surface area contributed by atoms with E-state index in [1.54, 1.807) is 36.9 Å². The van der Waals surface area contributed by atoms with Gasteiger partial charge in [-0.05, 0) is 82.0 Å². The van der Waals surface area contributed by atoms with Crippen molar-refractivity contribution >= 4 is 50.0 Å². The molecular formula is C29H39N7O2S2. The van der Waals surface area contributed by atoms with E-state index < -0.39 is 0 Å².